The van der Waals surface area contributed by atoms with E-state index in [-0.39, 0.29) is 12.1 Å². The number of hydrogen-bond donors (Lipinski definition) is 1. The van der Waals surface area contributed by atoms with Crippen LogP contribution in [0.25, 0.3) is 0 Å². The lowest BCUT2D eigenvalue weighted by molar-refractivity contribution is 0.102. The first kappa shape index (κ1) is 12.9. The van der Waals surface area contributed by atoms with E-state index in [1.54, 1.807) is 0 Å². The van der Waals surface area contributed by atoms with Gasteiger partial charge in [-0.15, -0.1) is 0 Å². The summed E-state index contributed by atoms with van der Waals surface area (Å²) in [4.78, 5) is 0. The highest BCUT2D eigenvalue weighted by Gasteiger charge is 2.29. The molecule has 0 fully saturated rings. The van der Waals surface area contributed by atoms with Gasteiger partial charge in [-0.05, 0) is 30.5 Å². The molecule has 1 aromatic rings. The lowest BCUT2D eigenvalue weighted by Crippen LogP contribution is -2.34. The Morgan fingerprint density at radius 1 is 1.53 bits per heavy atom. The lowest BCUT2D eigenvalue weighted by Gasteiger charge is -2.33. The van der Waals surface area contributed by atoms with Crippen molar-refractivity contribution in [3.05, 3.63) is 28.2 Å². The zero-order valence-corrected chi connectivity index (χ0v) is 12.0. The topological polar surface area (TPSA) is 35.2 Å². The molecule has 0 spiro atoms. The maximum absolute atomic E-state index is 6.24. The third-order valence-electron chi connectivity index (χ3n) is 3.51. The first-order valence-corrected chi connectivity index (χ1v) is 7.12. The summed E-state index contributed by atoms with van der Waals surface area (Å²) in [6.07, 6.45) is 3.58. The molecule has 1 aromatic carbocycles. The molecular formula is C14H20BrNO. The minimum Gasteiger partial charge on any atom is -0.490 e. The smallest absolute Gasteiger partial charge is 0.124 e. The van der Waals surface area contributed by atoms with Crippen LogP contribution in [0.15, 0.2) is 22.7 Å². The number of nitrogens with two attached hydrogens (primary N) is 1. The molecule has 0 radical (unpaired) electrons. The quantitative estimate of drug-likeness (QED) is 0.914. The fraction of sp³-hybridized carbons (Fsp3) is 0.571. The van der Waals surface area contributed by atoms with Crippen molar-refractivity contribution in [3.63, 3.8) is 0 Å². The largest absolute Gasteiger partial charge is 0.490 e. The van der Waals surface area contributed by atoms with Crippen molar-refractivity contribution in [2.45, 2.75) is 45.3 Å². The van der Waals surface area contributed by atoms with E-state index in [2.05, 4.69) is 35.8 Å². The van der Waals surface area contributed by atoms with Gasteiger partial charge in [0.25, 0.3) is 0 Å². The fourth-order valence-corrected chi connectivity index (χ4v) is 2.87. The Hall–Kier alpha value is -0.540. The van der Waals surface area contributed by atoms with E-state index >= 15 is 0 Å². The molecule has 2 unspecified atom stereocenters. The predicted octanol–water partition coefficient (Wildman–Crippen LogP) is 4.04. The molecule has 3 atom stereocenters. The van der Waals surface area contributed by atoms with Crippen LogP contribution >= 0.6 is 15.9 Å². The van der Waals surface area contributed by atoms with Crippen LogP contribution in [0.5, 0.6) is 5.75 Å². The maximum Gasteiger partial charge on any atom is 0.124 e. The van der Waals surface area contributed by atoms with Gasteiger partial charge in [-0.2, -0.15) is 0 Å². The molecule has 2 nitrogen and oxygen atoms in total. The number of fused-ring (bicyclic) bond motifs is 1. The van der Waals surface area contributed by atoms with Crippen molar-refractivity contribution in [3.8, 4) is 5.75 Å². The van der Waals surface area contributed by atoms with Crippen LogP contribution in [0.2, 0.25) is 0 Å². The molecule has 0 aliphatic carbocycles. The third kappa shape index (κ3) is 2.83. The van der Waals surface area contributed by atoms with Gasteiger partial charge < -0.3 is 10.5 Å². The fourth-order valence-electron chi connectivity index (χ4n) is 2.49. The molecule has 0 saturated carbocycles. The zero-order chi connectivity index (χ0) is 12.4. The van der Waals surface area contributed by atoms with Crippen LogP contribution in [0.4, 0.5) is 0 Å². The molecule has 1 aliphatic heterocycles. The Morgan fingerprint density at radius 2 is 2.29 bits per heavy atom. The molecule has 2 N–H and O–H groups in total. The van der Waals surface area contributed by atoms with Crippen LogP contribution in [0, 0.1) is 5.92 Å². The summed E-state index contributed by atoms with van der Waals surface area (Å²) in [6, 6.07) is 6.20. The normalized spacial score (nSPS) is 24.9. The van der Waals surface area contributed by atoms with Crippen LogP contribution in [-0.2, 0) is 0 Å². The van der Waals surface area contributed by atoms with Gasteiger partial charge in [0, 0.05) is 22.5 Å². The third-order valence-corrected chi connectivity index (χ3v) is 4.01. The predicted molar refractivity (Wildman–Crippen MR) is 74.2 cm³/mol. The molecule has 0 amide bonds. The number of ether oxygens (including phenoxy) is 1. The highest BCUT2D eigenvalue weighted by molar-refractivity contribution is 9.10. The highest BCUT2D eigenvalue weighted by Crippen LogP contribution is 2.37. The summed E-state index contributed by atoms with van der Waals surface area (Å²) in [6.45, 7) is 4.47. The summed E-state index contributed by atoms with van der Waals surface area (Å²) < 4.78 is 7.14. The van der Waals surface area contributed by atoms with E-state index in [4.69, 9.17) is 10.5 Å². The van der Waals surface area contributed by atoms with E-state index in [1.165, 1.54) is 12.8 Å². The van der Waals surface area contributed by atoms with Gasteiger partial charge in [0.15, 0.2) is 0 Å². The van der Waals surface area contributed by atoms with Crippen LogP contribution in [0.1, 0.15) is 44.7 Å². The molecule has 1 heterocycles. The van der Waals surface area contributed by atoms with Crippen molar-refractivity contribution in [1.29, 1.82) is 0 Å². The zero-order valence-electron chi connectivity index (χ0n) is 10.4. The minimum atomic E-state index is 0.0977. The number of rotatable bonds is 3. The monoisotopic (exact) mass is 297 g/mol. The van der Waals surface area contributed by atoms with Crippen LogP contribution < -0.4 is 10.5 Å². The van der Waals surface area contributed by atoms with E-state index in [0.717, 1.165) is 22.2 Å². The minimum absolute atomic E-state index is 0.0977. The second-order valence-corrected chi connectivity index (χ2v) is 5.86. The van der Waals surface area contributed by atoms with Gasteiger partial charge in [0.1, 0.15) is 11.9 Å². The summed E-state index contributed by atoms with van der Waals surface area (Å²) in [5.41, 5.74) is 7.36. The summed E-state index contributed by atoms with van der Waals surface area (Å²) >= 11 is 3.48. The van der Waals surface area contributed by atoms with Crippen molar-refractivity contribution >= 4 is 15.9 Å². The number of benzene rings is 1. The van der Waals surface area contributed by atoms with Gasteiger partial charge in [-0.3, -0.25) is 0 Å². The van der Waals surface area contributed by atoms with E-state index in [0.29, 0.717) is 5.92 Å². The van der Waals surface area contributed by atoms with Crippen LogP contribution in [0.3, 0.4) is 0 Å². The standard InChI is InChI=1S/C14H20BrNO/c1-3-4-9(2)14-8-12(16)11-7-10(15)5-6-13(11)17-14/h5-7,9,12,14H,3-4,8,16H2,1-2H3/t9?,12-,14?/m1/s1. The van der Waals surface area contributed by atoms with Gasteiger partial charge >= 0.3 is 0 Å². The summed E-state index contributed by atoms with van der Waals surface area (Å²) in [7, 11) is 0. The van der Waals surface area contributed by atoms with Crippen LogP contribution in [-0.4, -0.2) is 6.10 Å². The molecule has 1 aliphatic rings. The SMILES string of the molecule is CCCC(C)C1C[C@@H](N)c2cc(Br)ccc2O1. The maximum atomic E-state index is 6.24. The second-order valence-electron chi connectivity index (χ2n) is 4.95. The molecule has 0 aromatic heterocycles. The average molecular weight is 298 g/mol. The molecule has 0 saturated heterocycles. The first-order chi connectivity index (χ1) is 8.11. The lowest BCUT2D eigenvalue weighted by atomic mass is 9.89. The Bertz CT molecular complexity index is 394. The van der Waals surface area contributed by atoms with E-state index in [9.17, 15) is 0 Å². The van der Waals surface area contributed by atoms with Gasteiger partial charge in [-0.25, -0.2) is 0 Å². The summed E-state index contributed by atoms with van der Waals surface area (Å²) in [5.74, 6) is 1.53. The molecule has 2 rings (SSSR count). The Labute approximate surface area is 112 Å². The van der Waals surface area contributed by atoms with Crippen molar-refractivity contribution < 1.29 is 4.74 Å². The van der Waals surface area contributed by atoms with Crippen molar-refractivity contribution in [2.24, 2.45) is 11.7 Å². The highest BCUT2D eigenvalue weighted by atomic mass is 79.9. The first-order valence-electron chi connectivity index (χ1n) is 6.33. The van der Waals surface area contributed by atoms with E-state index < -0.39 is 0 Å². The number of hydrogen-bond acceptors (Lipinski definition) is 2. The molecule has 3 heteroatoms. The Morgan fingerprint density at radius 3 is 3.00 bits per heavy atom. The van der Waals surface area contributed by atoms with Gasteiger partial charge in [0.2, 0.25) is 0 Å². The van der Waals surface area contributed by atoms with E-state index in [1.807, 2.05) is 12.1 Å². The summed E-state index contributed by atoms with van der Waals surface area (Å²) in [5, 5.41) is 0. The molecular weight excluding hydrogens is 278 g/mol. The van der Waals surface area contributed by atoms with Gasteiger partial charge in [0.05, 0.1) is 0 Å². The average Bonchev–Trinajstić information content (AvgIpc) is 2.30. The molecule has 17 heavy (non-hydrogen) atoms. The Balaban J connectivity index is 2.18. The van der Waals surface area contributed by atoms with Gasteiger partial charge in [-0.1, -0.05) is 36.2 Å². The molecule has 0 bridgehead atoms. The Kier molecular flexibility index (Phi) is 4.10. The number of halogens is 1. The molecule has 94 valence electrons. The van der Waals surface area contributed by atoms with Crippen molar-refractivity contribution in [1.82, 2.24) is 0 Å². The van der Waals surface area contributed by atoms with Crippen molar-refractivity contribution in [2.75, 3.05) is 0 Å². The second kappa shape index (κ2) is 5.40.